The molecular weight excluding hydrogens is 904 g/mol. The number of nitrogens with one attached hydrogen (secondary N) is 8. The Bertz CT molecular complexity index is 1860. The Labute approximate surface area is 392 Å². The van der Waals surface area contributed by atoms with Crippen LogP contribution >= 0.6 is 0 Å². The second-order valence-electron chi connectivity index (χ2n) is 17.0. The van der Waals surface area contributed by atoms with Gasteiger partial charge in [0.15, 0.2) is 0 Å². The first kappa shape index (κ1) is 61.1. The van der Waals surface area contributed by atoms with Gasteiger partial charge in [0.2, 0.25) is 47.3 Å². The maximum atomic E-state index is 13.8. The lowest BCUT2D eigenvalue weighted by atomic mass is 9.96. The van der Waals surface area contributed by atoms with E-state index < -0.39 is 188 Å². The third kappa shape index (κ3) is 22.1. The Balaban J connectivity index is 6.60. The van der Waals surface area contributed by atoms with E-state index in [1.165, 1.54) is 41.5 Å². The first-order chi connectivity index (χ1) is 31.5. The molecule has 0 saturated carbocycles. The van der Waals surface area contributed by atoms with E-state index in [0.29, 0.717) is 6.42 Å². The summed E-state index contributed by atoms with van der Waals surface area (Å²) in [5.41, 5.74) is 0. The number of amides is 8. The normalized spacial score (nSPS) is 15.5. The molecular formula is C42H68N8O18. The monoisotopic (exact) mass is 972 g/mol. The average molecular weight is 973 g/mol. The first-order valence-electron chi connectivity index (χ1n) is 22.0. The molecule has 0 unspecified atom stereocenters. The Hall–Kier alpha value is -6.89. The Morgan fingerprint density at radius 3 is 0.971 bits per heavy atom. The smallest absolute Gasteiger partial charge is 0.326 e. The van der Waals surface area contributed by atoms with Gasteiger partial charge in [0.25, 0.3) is 0 Å². The summed E-state index contributed by atoms with van der Waals surface area (Å²) in [7, 11) is 0. The minimum Gasteiger partial charge on any atom is -0.481 e. The molecule has 0 aliphatic heterocycles. The molecule has 68 heavy (non-hydrogen) atoms. The first-order valence-corrected chi connectivity index (χ1v) is 22.0. The lowest BCUT2D eigenvalue weighted by Gasteiger charge is -2.30. The van der Waals surface area contributed by atoms with Crippen LogP contribution in [0.3, 0.4) is 0 Å². The van der Waals surface area contributed by atoms with Crippen molar-refractivity contribution in [3.63, 3.8) is 0 Å². The van der Waals surface area contributed by atoms with Crippen LogP contribution in [0.1, 0.15) is 114 Å². The molecule has 0 bridgehead atoms. The lowest BCUT2D eigenvalue weighted by molar-refractivity contribution is -0.145. The van der Waals surface area contributed by atoms with Crippen LogP contribution in [0.2, 0.25) is 0 Å². The van der Waals surface area contributed by atoms with Crippen LogP contribution in [-0.2, 0) is 62.3 Å². The van der Waals surface area contributed by atoms with Gasteiger partial charge in [-0.2, -0.15) is 0 Å². The Morgan fingerprint density at radius 2 is 0.662 bits per heavy atom. The number of carbonyl (C=O) groups is 13. The fraction of sp³-hybridized carbons (Fsp3) is 0.690. The van der Waals surface area contributed by atoms with Crippen LogP contribution in [0.4, 0.5) is 0 Å². The van der Waals surface area contributed by atoms with Gasteiger partial charge < -0.3 is 68.1 Å². The molecule has 0 rings (SSSR count). The van der Waals surface area contributed by atoms with Gasteiger partial charge in [0, 0.05) is 19.8 Å². The average Bonchev–Trinajstić information content (AvgIpc) is 3.23. The number of rotatable bonds is 32. The maximum Gasteiger partial charge on any atom is 0.326 e. The maximum absolute atomic E-state index is 13.8. The van der Waals surface area contributed by atoms with Crippen LogP contribution in [0, 0.1) is 23.7 Å². The van der Waals surface area contributed by atoms with Gasteiger partial charge in [-0.3, -0.25) is 57.5 Å². The molecule has 0 aromatic heterocycles. The molecule has 0 aliphatic carbocycles. The van der Waals surface area contributed by atoms with Gasteiger partial charge in [-0.15, -0.1) is 0 Å². The highest BCUT2D eigenvalue weighted by atomic mass is 16.4. The van der Waals surface area contributed by atoms with Gasteiger partial charge in [-0.25, -0.2) is 4.79 Å². The van der Waals surface area contributed by atoms with Gasteiger partial charge in [-0.1, -0.05) is 68.2 Å². The second kappa shape index (κ2) is 29.7. The van der Waals surface area contributed by atoms with E-state index in [-0.39, 0.29) is 6.42 Å². The summed E-state index contributed by atoms with van der Waals surface area (Å²) in [6, 6.07) is -12.9. The number of carboxylic acids is 5. The van der Waals surface area contributed by atoms with Gasteiger partial charge in [0.1, 0.15) is 48.3 Å². The predicted octanol–water partition coefficient (Wildman–Crippen LogP) is -1.95. The van der Waals surface area contributed by atoms with E-state index in [0.717, 1.165) is 0 Å². The van der Waals surface area contributed by atoms with Crippen molar-refractivity contribution in [3.05, 3.63) is 0 Å². The van der Waals surface area contributed by atoms with E-state index in [2.05, 4.69) is 42.5 Å². The van der Waals surface area contributed by atoms with Crippen molar-refractivity contribution >= 4 is 77.1 Å². The van der Waals surface area contributed by atoms with Crippen molar-refractivity contribution in [2.24, 2.45) is 23.7 Å². The second-order valence-corrected chi connectivity index (χ2v) is 17.0. The summed E-state index contributed by atoms with van der Waals surface area (Å²) in [6.07, 6.45) is -3.78. The van der Waals surface area contributed by atoms with Crippen LogP contribution in [-0.4, -0.2) is 151 Å². The molecule has 8 amide bonds. The standard InChI is InChI=1S/C42H68N8O18/c1-10-20(7)33(43-22(9)51)40(65)44-23(12-14-27(52)53)35(60)48-32(19(5)6)39(64)46-26(17-30(58)59)37(62)50-34(21(8)11-2)41(66)47-25(16-29(56)57)36(61)49-31(18(3)4)38(63)45-24(42(67)68)13-15-28(54)55/h18-21,23-26,31-34H,10-17H2,1-9H3,(H,43,51)(H,44,65)(H,45,63)(H,46,64)(H,47,66)(H,48,60)(H,49,61)(H,50,62)(H,52,53)(H,54,55)(H,56,57)(H,58,59)(H,67,68)/t20-,21-,23-,24-,25-,26-,31-,32-,33-,34-/m0/s1. The number of carbonyl (C=O) groups excluding carboxylic acids is 8. The van der Waals surface area contributed by atoms with E-state index in [1.54, 1.807) is 20.8 Å². The molecule has 0 heterocycles. The third-order valence-corrected chi connectivity index (χ3v) is 10.7. The fourth-order valence-electron chi connectivity index (χ4n) is 6.33. The molecule has 0 aliphatic rings. The number of carboxylic acid groups (broad SMARTS) is 5. The summed E-state index contributed by atoms with van der Waals surface area (Å²) in [5.74, 6) is -18.5. The number of aliphatic carboxylic acids is 5. The van der Waals surface area contributed by atoms with Crippen molar-refractivity contribution in [1.82, 2.24) is 42.5 Å². The van der Waals surface area contributed by atoms with E-state index in [1.807, 2.05) is 0 Å². The van der Waals surface area contributed by atoms with Crippen molar-refractivity contribution in [1.29, 1.82) is 0 Å². The molecule has 0 spiro atoms. The molecule has 26 nitrogen and oxygen atoms in total. The fourth-order valence-corrected chi connectivity index (χ4v) is 6.33. The van der Waals surface area contributed by atoms with Crippen molar-refractivity contribution in [2.45, 2.75) is 162 Å². The quantitative estimate of drug-likeness (QED) is 0.0348. The summed E-state index contributed by atoms with van der Waals surface area (Å²) < 4.78 is 0. The van der Waals surface area contributed by atoms with Crippen LogP contribution in [0.5, 0.6) is 0 Å². The van der Waals surface area contributed by atoms with Crippen molar-refractivity contribution in [2.75, 3.05) is 0 Å². The topological polar surface area (TPSA) is 419 Å². The SMILES string of the molecule is CC[C@H](C)[C@H](NC(C)=O)C(=O)N[C@@H](CCC(=O)O)C(=O)N[C@H](C(=O)N[C@@H](CC(=O)O)C(=O)N[C@H](C(=O)N[C@@H](CC(=O)O)C(=O)N[C@H](C(=O)N[C@@H](CCC(=O)O)C(=O)O)C(C)C)[C@@H](C)CC)C(C)C. The van der Waals surface area contributed by atoms with E-state index in [9.17, 15) is 82.8 Å². The molecule has 0 aromatic carbocycles. The summed E-state index contributed by atoms with van der Waals surface area (Å²) >= 11 is 0. The van der Waals surface area contributed by atoms with Gasteiger partial charge >= 0.3 is 29.8 Å². The highest BCUT2D eigenvalue weighted by Gasteiger charge is 2.38. The summed E-state index contributed by atoms with van der Waals surface area (Å²) in [6.45, 7) is 13.5. The zero-order chi connectivity index (χ0) is 52.7. The number of hydrogen-bond donors (Lipinski definition) is 13. The Kier molecular flexibility index (Phi) is 26.7. The highest BCUT2D eigenvalue weighted by molar-refractivity contribution is 5.99. The van der Waals surface area contributed by atoms with E-state index in [4.69, 9.17) is 5.11 Å². The van der Waals surface area contributed by atoms with Crippen LogP contribution in [0.15, 0.2) is 0 Å². The molecule has 0 saturated heterocycles. The molecule has 13 N–H and O–H groups in total. The van der Waals surface area contributed by atoms with Crippen molar-refractivity contribution < 1.29 is 87.9 Å². The third-order valence-electron chi connectivity index (χ3n) is 10.7. The predicted molar refractivity (Wildman–Crippen MR) is 236 cm³/mol. The largest absolute Gasteiger partial charge is 0.481 e. The van der Waals surface area contributed by atoms with Crippen molar-refractivity contribution in [3.8, 4) is 0 Å². The zero-order valence-corrected chi connectivity index (χ0v) is 39.6. The minimum absolute atomic E-state index is 0.149. The zero-order valence-electron chi connectivity index (χ0n) is 39.6. The van der Waals surface area contributed by atoms with Gasteiger partial charge in [-0.05, 0) is 36.5 Å². The molecule has 0 fully saturated rings. The molecule has 0 radical (unpaired) electrons. The van der Waals surface area contributed by atoms with Crippen LogP contribution < -0.4 is 42.5 Å². The molecule has 10 atom stereocenters. The Morgan fingerprint density at radius 1 is 0.368 bits per heavy atom. The molecule has 26 heteroatoms. The molecule has 384 valence electrons. The number of hydrogen-bond acceptors (Lipinski definition) is 13. The lowest BCUT2D eigenvalue weighted by Crippen LogP contribution is -2.62. The summed E-state index contributed by atoms with van der Waals surface area (Å²) in [5, 5.41) is 65.6. The van der Waals surface area contributed by atoms with Gasteiger partial charge in [0.05, 0.1) is 12.8 Å². The molecule has 0 aromatic rings. The van der Waals surface area contributed by atoms with Crippen LogP contribution in [0.25, 0.3) is 0 Å². The summed E-state index contributed by atoms with van der Waals surface area (Å²) in [4.78, 5) is 165. The minimum atomic E-state index is -1.94. The van der Waals surface area contributed by atoms with E-state index >= 15 is 0 Å². The highest BCUT2D eigenvalue weighted by Crippen LogP contribution is 2.14.